The maximum absolute atomic E-state index is 14.4. The van der Waals surface area contributed by atoms with Gasteiger partial charge in [-0.1, -0.05) is 19.9 Å². The van der Waals surface area contributed by atoms with E-state index in [1.807, 2.05) is 6.07 Å². The fourth-order valence-corrected chi connectivity index (χ4v) is 2.89. The van der Waals surface area contributed by atoms with Crippen molar-refractivity contribution in [2.45, 2.75) is 52.5 Å². The molecule has 0 bridgehead atoms. The lowest BCUT2D eigenvalue weighted by Gasteiger charge is -2.29. The van der Waals surface area contributed by atoms with Crippen molar-refractivity contribution in [2.24, 2.45) is 5.92 Å². The summed E-state index contributed by atoms with van der Waals surface area (Å²) in [4.78, 5) is 2.39. The van der Waals surface area contributed by atoms with Crippen molar-refractivity contribution in [3.8, 4) is 0 Å². The first-order valence-corrected chi connectivity index (χ1v) is 8.44. The number of hydrogen-bond acceptors (Lipinski definition) is 2. The molecule has 1 aromatic carbocycles. The molecule has 1 fully saturated rings. The minimum Gasteiger partial charge on any atom is -0.371 e. The van der Waals surface area contributed by atoms with Crippen LogP contribution >= 0.6 is 0 Å². The Morgan fingerprint density at radius 3 is 2.67 bits per heavy atom. The van der Waals surface area contributed by atoms with Gasteiger partial charge in [-0.2, -0.15) is 0 Å². The second-order valence-electron chi connectivity index (χ2n) is 6.24. The molecule has 1 aromatic rings. The zero-order valence-electron chi connectivity index (χ0n) is 13.7. The smallest absolute Gasteiger partial charge is 0.130 e. The summed E-state index contributed by atoms with van der Waals surface area (Å²) in [6.45, 7) is 9.40. The first-order chi connectivity index (χ1) is 10.2. The number of rotatable bonds is 9. The predicted molar refractivity (Wildman–Crippen MR) is 88.3 cm³/mol. The summed E-state index contributed by atoms with van der Waals surface area (Å²) >= 11 is 0. The Kier molecular flexibility index (Phi) is 6.04. The minimum absolute atomic E-state index is 0.0553. The summed E-state index contributed by atoms with van der Waals surface area (Å²) in [5.74, 6) is 0.729. The molecule has 0 radical (unpaired) electrons. The summed E-state index contributed by atoms with van der Waals surface area (Å²) in [7, 11) is 0. The zero-order chi connectivity index (χ0) is 15.2. The van der Waals surface area contributed by atoms with Crippen LogP contribution in [0.4, 0.5) is 10.1 Å². The van der Waals surface area contributed by atoms with E-state index in [1.54, 1.807) is 6.07 Å². The average molecular weight is 292 g/mol. The van der Waals surface area contributed by atoms with Gasteiger partial charge in [0.05, 0.1) is 0 Å². The van der Waals surface area contributed by atoms with Gasteiger partial charge in [0, 0.05) is 30.4 Å². The van der Waals surface area contributed by atoms with E-state index < -0.39 is 0 Å². The van der Waals surface area contributed by atoms with Gasteiger partial charge in [-0.15, -0.1) is 0 Å². The second kappa shape index (κ2) is 7.79. The van der Waals surface area contributed by atoms with Gasteiger partial charge in [0.1, 0.15) is 5.82 Å². The molecule has 21 heavy (non-hydrogen) atoms. The molecule has 118 valence electrons. The fraction of sp³-hybridized carbons (Fsp3) is 0.667. The highest BCUT2D eigenvalue weighted by Crippen LogP contribution is 2.35. The Bertz CT molecular complexity index is 443. The molecule has 1 saturated carbocycles. The lowest BCUT2D eigenvalue weighted by atomic mass is 10.0. The molecule has 0 aromatic heterocycles. The van der Waals surface area contributed by atoms with Crippen molar-refractivity contribution in [3.05, 3.63) is 29.6 Å². The van der Waals surface area contributed by atoms with Gasteiger partial charge < -0.3 is 10.2 Å². The maximum Gasteiger partial charge on any atom is 0.130 e. The van der Waals surface area contributed by atoms with Crippen LogP contribution in [0.1, 0.15) is 58.1 Å². The number of nitrogens with one attached hydrogen (secondary N) is 1. The van der Waals surface area contributed by atoms with E-state index in [4.69, 9.17) is 0 Å². The van der Waals surface area contributed by atoms with E-state index in [-0.39, 0.29) is 11.9 Å². The minimum atomic E-state index is -0.0829. The van der Waals surface area contributed by atoms with Crippen LogP contribution in [0.5, 0.6) is 0 Å². The summed E-state index contributed by atoms with van der Waals surface area (Å²) < 4.78 is 14.4. The Labute approximate surface area is 128 Å². The van der Waals surface area contributed by atoms with Crippen molar-refractivity contribution in [1.82, 2.24) is 5.32 Å². The van der Waals surface area contributed by atoms with E-state index in [0.717, 1.165) is 49.6 Å². The molecule has 2 nitrogen and oxygen atoms in total. The van der Waals surface area contributed by atoms with Gasteiger partial charge >= 0.3 is 0 Å². The SMILES string of the molecule is CCCNC(C)c1c(F)cccc1N(CCC)CC1CC1. The monoisotopic (exact) mass is 292 g/mol. The van der Waals surface area contributed by atoms with Crippen LogP contribution < -0.4 is 10.2 Å². The lowest BCUT2D eigenvalue weighted by molar-refractivity contribution is 0.525. The van der Waals surface area contributed by atoms with Crippen molar-refractivity contribution in [2.75, 3.05) is 24.5 Å². The van der Waals surface area contributed by atoms with Crippen LogP contribution in [0.25, 0.3) is 0 Å². The van der Waals surface area contributed by atoms with Crippen molar-refractivity contribution >= 4 is 5.69 Å². The van der Waals surface area contributed by atoms with E-state index in [0.29, 0.717) is 0 Å². The summed E-state index contributed by atoms with van der Waals surface area (Å²) in [6, 6.07) is 5.57. The normalized spacial score (nSPS) is 16.0. The van der Waals surface area contributed by atoms with Crippen molar-refractivity contribution in [1.29, 1.82) is 0 Å². The molecule has 2 rings (SSSR count). The van der Waals surface area contributed by atoms with Gasteiger partial charge in [-0.05, 0) is 57.2 Å². The standard InChI is InChI=1S/C18H29FN2/c1-4-11-20-14(3)18-16(19)7-6-8-17(18)21(12-5-2)13-15-9-10-15/h6-8,14-15,20H,4-5,9-13H2,1-3H3. The Morgan fingerprint density at radius 1 is 1.29 bits per heavy atom. The molecule has 1 aliphatic rings. The number of nitrogens with zero attached hydrogens (tertiary/aromatic N) is 1. The van der Waals surface area contributed by atoms with Crippen LogP contribution in [0, 0.1) is 11.7 Å². The van der Waals surface area contributed by atoms with E-state index in [1.165, 1.54) is 12.8 Å². The van der Waals surface area contributed by atoms with Crippen molar-refractivity contribution in [3.63, 3.8) is 0 Å². The Hall–Kier alpha value is -1.09. The van der Waals surface area contributed by atoms with Crippen LogP contribution in [0.2, 0.25) is 0 Å². The molecule has 1 unspecified atom stereocenters. The van der Waals surface area contributed by atoms with Gasteiger partial charge in [-0.25, -0.2) is 4.39 Å². The first-order valence-electron chi connectivity index (χ1n) is 8.44. The number of hydrogen-bond donors (Lipinski definition) is 1. The first kappa shape index (κ1) is 16.3. The lowest BCUT2D eigenvalue weighted by Crippen LogP contribution is -2.30. The molecule has 0 spiro atoms. The summed E-state index contributed by atoms with van der Waals surface area (Å²) in [6.07, 6.45) is 4.82. The maximum atomic E-state index is 14.4. The predicted octanol–water partition coefficient (Wildman–Crippen LogP) is 4.51. The van der Waals surface area contributed by atoms with E-state index in [9.17, 15) is 4.39 Å². The number of benzene rings is 1. The van der Waals surface area contributed by atoms with Gasteiger partial charge in [0.15, 0.2) is 0 Å². The number of halogens is 1. The molecule has 1 N–H and O–H groups in total. The third-order valence-corrected chi connectivity index (χ3v) is 4.17. The second-order valence-corrected chi connectivity index (χ2v) is 6.24. The molecule has 0 heterocycles. The molecule has 1 aliphatic carbocycles. The van der Waals surface area contributed by atoms with Crippen LogP contribution in [-0.4, -0.2) is 19.6 Å². The summed E-state index contributed by atoms with van der Waals surface area (Å²) in [5, 5.41) is 3.43. The topological polar surface area (TPSA) is 15.3 Å². The summed E-state index contributed by atoms with van der Waals surface area (Å²) in [5.41, 5.74) is 1.92. The highest BCUT2D eigenvalue weighted by Gasteiger charge is 2.26. The quantitative estimate of drug-likeness (QED) is 0.720. The molecule has 1 atom stereocenters. The highest BCUT2D eigenvalue weighted by atomic mass is 19.1. The fourth-order valence-electron chi connectivity index (χ4n) is 2.89. The Balaban J connectivity index is 2.24. The molecular weight excluding hydrogens is 263 g/mol. The van der Waals surface area contributed by atoms with Crippen LogP contribution in [-0.2, 0) is 0 Å². The molecule has 0 amide bonds. The molecule has 3 heteroatoms. The number of anilines is 1. The van der Waals surface area contributed by atoms with Gasteiger partial charge in [0.25, 0.3) is 0 Å². The van der Waals surface area contributed by atoms with Crippen LogP contribution in [0.3, 0.4) is 0 Å². The van der Waals surface area contributed by atoms with Gasteiger partial charge in [0.2, 0.25) is 0 Å². The van der Waals surface area contributed by atoms with E-state index >= 15 is 0 Å². The Morgan fingerprint density at radius 2 is 2.05 bits per heavy atom. The zero-order valence-corrected chi connectivity index (χ0v) is 13.7. The highest BCUT2D eigenvalue weighted by molar-refractivity contribution is 5.55. The van der Waals surface area contributed by atoms with Crippen molar-refractivity contribution < 1.29 is 4.39 Å². The van der Waals surface area contributed by atoms with E-state index in [2.05, 4.69) is 37.1 Å². The largest absolute Gasteiger partial charge is 0.371 e. The molecule has 0 saturated heterocycles. The average Bonchev–Trinajstić information content (AvgIpc) is 3.28. The third-order valence-electron chi connectivity index (χ3n) is 4.17. The molecule has 0 aliphatic heterocycles. The molecular formula is C18H29FN2. The van der Waals surface area contributed by atoms with Gasteiger partial charge in [-0.3, -0.25) is 0 Å². The third kappa shape index (κ3) is 4.44. The van der Waals surface area contributed by atoms with Crippen LogP contribution in [0.15, 0.2) is 18.2 Å².